The molecule has 2 aromatic carbocycles. The van der Waals surface area contributed by atoms with E-state index in [0.29, 0.717) is 17.3 Å². The zero-order valence-electron chi connectivity index (χ0n) is 15.5. The molecule has 0 bridgehead atoms. The van der Waals surface area contributed by atoms with Crippen molar-refractivity contribution in [3.05, 3.63) is 71.4 Å². The molecule has 3 rings (SSSR count). The number of rotatable bonds is 7. The van der Waals surface area contributed by atoms with E-state index in [9.17, 15) is 4.79 Å². The molecule has 1 aromatic heterocycles. The van der Waals surface area contributed by atoms with Crippen molar-refractivity contribution < 1.29 is 4.79 Å². The fourth-order valence-electron chi connectivity index (χ4n) is 2.77. The van der Waals surface area contributed by atoms with Crippen LogP contribution in [0, 0.1) is 0 Å². The first-order valence-corrected chi connectivity index (χ1v) is 9.27. The Labute approximate surface area is 164 Å². The average molecular weight is 383 g/mol. The fraction of sp³-hybridized carbons (Fsp3) is 0.238. The van der Waals surface area contributed by atoms with Gasteiger partial charge in [-0.05, 0) is 57.4 Å². The molecule has 3 aromatic rings. The molecular formula is C21H23ClN4O. The lowest BCUT2D eigenvalue weighted by Crippen LogP contribution is -2.27. The Morgan fingerprint density at radius 1 is 1.11 bits per heavy atom. The number of aromatic nitrogens is 2. The van der Waals surface area contributed by atoms with Gasteiger partial charge in [0.2, 0.25) is 0 Å². The minimum atomic E-state index is -0.168. The van der Waals surface area contributed by atoms with Gasteiger partial charge < -0.3 is 10.2 Å². The van der Waals surface area contributed by atoms with Gasteiger partial charge in [-0.15, -0.1) is 0 Å². The molecule has 0 saturated carbocycles. The number of carbonyl (C=O) groups excluding carboxylic acids is 1. The lowest BCUT2D eigenvalue weighted by Gasteiger charge is -2.09. The van der Waals surface area contributed by atoms with Crippen LogP contribution in [-0.2, 0) is 0 Å². The first-order valence-electron chi connectivity index (χ1n) is 8.89. The van der Waals surface area contributed by atoms with Crippen LogP contribution < -0.4 is 5.32 Å². The van der Waals surface area contributed by atoms with Gasteiger partial charge in [0.25, 0.3) is 5.91 Å². The molecule has 5 nitrogen and oxygen atoms in total. The number of amides is 1. The van der Waals surface area contributed by atoms with Crippen LogP contribution in [0.5, 0.6) is 0 Å². The SMILES string of the molecule is CN(C)CCCNC(=O)c1cc(-c2ccc(Cl)cc2)n(-c2ccccc2)n1. The molecule has 140 valence electrons. The van der Waals surface area contributed by atoms with Gasteiger partial charge in [0.15, 0.2) is 5.69 Å². The average Bonchev–Trinajstić information content (AvgIpc) is 3.12. The largest absolute Gasteiger partial charge is 0.351 e. The molecule has 0 spiro atoms. The van der Waals surface area contributed by atoms with Gasteiger partial charge in [-0.2, -0.15) is 5.10 Å². The van der Waals surface area contributed by atoms with Gasteiger partial charge in [0.05, 0.1) is 11.4 Å². The Balaban J connectivity index is 1.88. The van der Waals surface area contributed by atoms with Gasteiger partial charge in [-0.25, -0.2) is 4.68 Å². The van der Waals surface area contributed by atoms with Crippen LogP contribution in [-0.4, -0.2) is 47.8 Å². The number of halogens is 1. The normalized spacial score (nSPS) is 11.0. The maximum absolute atomic E-state index is 12.5. The highest BCUT2D eigenvalue weighted by Gasteiger charge is 2.16. The highest BCUT2D eigenvalue weighted by atomic mass is 35.5. The smallest absolute Gasteiger partial charge is 0.271 e. The van der Waals surface area contributed by atoms with Crippen LogP contribution in [0.3, 0.4) is 0 Å². The summed E-state index contributed by atoms with van der Waals surface area (Å²) in [5.41, 5.74) is 3.08. The third kappa shape index (κ3) is 4.96. The molecule has 1 amide bonds. The van der Waals surface area contributed by atoms with Crippen LogP contribution in [0.2, 0.25) is 5.02 Å². The lowest BCUT2D eigenvalue weighted by molar-refractivity contribution is 0.0947. The van der Waals surface area contributed by atoms with Gasteiger partial charge in [0, 0.05) is 17.1 Å². The summed E-state index contributed by atoms with van der Waals surface area (Å²) in [4.78, 5) is 14.6. The zero-order valence-corrected chi connectivity index (χ0v) is 16.3. The summed E-state index contributed by atoms with van der Waals surface area (Å²) in [6.07, 6.45) is 0.891. The maximum Gasteiger partial charge on any atom is 0.271 e. The molecule has 0 aliphatic rings. The second-order valence-corrected chi connectivity index (χ2v) is 7.02. The molecule has 1 N–H and O–H groups in total. The van der Waals surface area contributed by atoms with E-state index in [1.807, 2.05) is 74.8 Å². The monoisotopic (exact) mass is 382 g/mol. The van der Waals surface area contributed by atoms with Crippen molar-refractivity contribution in [2.24, 2.45) is 0 Å². The van der Waals surface area contributed by atoms with Crippen LogP contribution in [0.4, 0.5) is 0 Å². The van der Waals surface area contributed by atoms with Gasteiger partial charge >= 0.3 is 0 Å². The summed E-state index contributed by atoms with van der Waals surface area (Å²) >= 11 is 6.01. The molecule has 0 aliphatic carbocycles. The highest BCUT2D eigenvalue weighted by molar-refractivity contribution is 6.30. The first-order chi connectivity index (χ1) is 13.0. The molecule has 0 aliphatic heterocycles. The van der Waals surface area contributed by atoms with E-state index in [1.165, 1.54) is 0 Å². The highest BCUT2D eigenvalue weighted by Crippen LogP contribution is 2.25. The van der Waals surface area contributed by atoms with E-state index in [0.717, 1.165) is 29.9 Å². The Bertz CT molecular complexity index is 888. The second-order valence-electron chi connectivity index (χ2n) is 6.58. The van der Waals surface area contributed by atoms with Gasteiger partial charge in [-0.3, -0.25) is 4.79 Å². The van der Waals surface area contributed by atoms with Crippen molar-refractivity contribution in [3.63, 3.8) is 0 Å². The first kappa shape index (κ1) is 19.1. The maximum atomic E-state index is 12.5. The lowest BCUT2D eigenvalue weighted by atomic mass is 10.1. The van der Waals surface area contributed by atoms with Crippen molar-refractivity contribution in [1.82, 2.24) is 20.0 Å². The number of carbonyl (C=O) groups is 1. The van der Waals surface area contributed by atoms with Crippen LogP contribution in [0.1, 0.15) is 16.9 Å². The Kier molecular flexibility index (Phi) is 6.27. The van der Waals surface area contributed by atoms with E-state index >= 15 is 0 Å². The second kappa shape index (κ2) is 8.84. The number of hydrogen-bond acceptors (Lipinski definition) is 3. The van der Waals surface area contributed by atoms with Crippen molar-refractivity contribution in [3.8, 4) is 16.9 Å². The van der Waals surface area contributed by atoms with Crippen molar-refractivity contribution in [2.75, 3.05) is 27.2 Å². The van der Waals surface area contributed by atoms with Crippen molar-refractivity contribution in [2.45, 2.75) is 6.42 Å². The summed E-state index contributed by atoms with van der Waals surface area (Å²) in [5, 5.41) is 8.17. The van der Waals surface area contributed by atoms with Crippen LogP contribution >= 0.6 is 11.6 Å². The van der Waals surface area contributed by atoms with E-state index in [2.05, 4.69) is 15.3 Å². The standard InChI is InChI=1S/C21H23ClN4O/c1-25(2)14-6-13-23-21(27)19-15-20(16-9-11-17(22)12-10-16)26(24-19)18-7-4-3-5-8-18/h3-5,7-12,15H,6,13-14H2,1-2H3,(H,23,27). The Hall–Kier alpha value is -2.63. The summed E-state index contributed by atoms with van der Waals surface area (Å²) in [6, 6.07) is 19.1. The molecule has 0 radical (unpaired) electrons. The predicted octanol–water partition coefficient (Wildman–Crippen LogP) is 3.87. The molecule has 0 unspecified atom stereocenters. The molecule has 27 heavy (non-hydrogen) atoms. The Morgan fingerprint density at radius 3 is 2.48 bits per heavy atom. The fourth-order valence-corrected chi connectivity index (χ4v) is 2.90. The van der Waals surface area contributed by atoms with Gasteiger partial charge in [-0.1, -0.05) is 41.9 Å². The minimum absolute atomic E-state index is 0.168. The zero-order chi connectivity index (χ0) is 19.2. The van der Waals surface area contributed by atoms with E-state index in [4.69, 9.17) is 11.6 Å². The summed E-state index contributed by atoms with van der Waals surface area (Å²) in [7, 11) is 4.03. The van der Waals surface area contributed by atoms with Crippen molar-refractivity contribution in [1.29, 1.82) is 0 Å². The number of nitrogens with zero attached hydrogens (tertiary/aromatic N) is 3. The minimum Gasteiger partial charge on any atom is -0.351 e. The van der Waals surface area contributed by atoms with Crippen LogP contribution in [0.25, 0.3) is 16.9 Å². The number of hydrogen-bond donors (Lipinski definition) is 1. The molecule has 0 saturated heterocycles. The van der Waals surface area contributed by atoms with E-state index in [-0.39, 0.29) is 5.91 Å². The summed E-state index contributed by atoms with van der Waals surface area (Å²) < 4.78 is 1.79. The third-order valence-corrected chi connectivity index (χ3v) is 4.40. The van der Waals surface area contributed by atoms with Crippen molar-refractivity contribution >= 4 is 17.5 Å². The summed E-state index contributed by atoms with van der Waals surface area (Å²) in [5.74, 6) is -0.168. The van der Waals surface area contributed by atoms with E-state index in [1.54, 1.807) is 4.68 Å². The molecule has 1 heterocycles. The molecule has 6 heteroatoms. The Morgan fingerprint density at radius 2 is 1.81 bits per heavy atom. The molecule has 0 atom stereocenters. The number of nitrogens with one attached hydrogen (secondary N) is 1. The van der Waals surface area contributed by atoms with Gasteiger partial charge in [0.1, 0.15) is 0 Å². The molecular weight excluding hydrogens is 360 g/mol. The summed E-state index contributed by atoms with van der Waals surface area (Å²) in [6.45, 7) is 1.54. The number of para-hydroxylation sites is 1. The predicted molar refractivity (Wildman–Crippen MR) is 110 cm³/mol. The van der Waals surface area contributed by atoms with Crippen LogP contribution in [0.15, 0.2) is 60.7 Å². The quantitative estimate of drug-likeness (QED) is 0.631. The third-order valence-electron chi connectivity index (χ3n) is 4.15. The molecule has 0 fully saturated rings. The topological polar surface area (TPSA) is 50.2 Å². The number of benzene rings is 2. The van der Waals surface area contributed by atoms with E-state index < -0.39 is 0 Å².